The maximum Gasteiger partial charge on any atom is 0.387 e. The Morgan fingerprint density at radius 3 is 2.63 bits per heavy atom. The van der Waals surface area contributed by atoms with Crippen LogP contribution in [0.4, 0.5) is 14.5 Å². The van der Waals surface area contributed by atoms with Crippen molar-refractivity contribution in [2.45, 2.75) is 19.6 Å². The Morgan fingerprint density at radius 1 is 1.20 bits per heavy atom. The Kier molecular flexibility index (Phi) is 5.85. The number of amides is 2. The number of esters is 1. The molecule has 3 rings (SSSR count). The number of carbonyl (C=O) groups is 3. The lowest BCUT2D eigenvalue weighted by atomic mass is 10.2. The molecule has 0 aliphatic heterocycles. The zero-order valence-corrected chi connectivity index (χ0v) is 15.4. The monoisotopic (exact) mass is 419 g/mol. The van der Waals surface area contributed by atoms with Crippen LogP contribution in [0, 0.1) is 0 Å². The molecule has 2 heterocycles. The highest BCUT2D eigenvalue weighted by Gasteiger charge is 2.23. The van der Waals surface area contributed by atoms with Gasteiger partial charge in [0.05, 0.1) is 11.9 Å². The second-order valence-corrected chi connectivity index (χ2v) is 5.90. The third-order valence-electron chi connectivity index (χ3n) is 3.89. The van der Waals surface area contributed by atoms with Crippen LogP contribution < -0.4 is 15.8 Å². The van der Waals surface area contributed by atoms with E-state index in [9.17, 15) is 23.2 Å². The number of para-hydroxylation sites is 2. The van der Waals surface area contributed by atoms with Crippen molar-refractivity contribution in [3.05, 3.63) is 54.0 Å². The molecular formula is C18H15F2N5O5. The summed E-state index contributed by atoms with van der Waals surface area (Å²) in [7, 11) is 0. The van der Waals surface area contributed by atoms with Gasteiger partial charge in [0.1, 0.15) is 11.3 Å². The quantitative estimate of drug-likeness (QED) is 0.555. The first-order valence-corrected chi connectivity index (χ1v) is 8.46. The first kappa shape index (κ1) is 20.6. The Hall–Kier alpha value is -4.09. The van der Waals surface area contributed by atoms with Crippen molar-refractivity contribution < 1.29 is 32.6 Å². The molecule has 0 saturated carbocycles. The largest absolute Gasteiger partial charge is 0.448 e. The predicted octanol–water partition coefficient (Wildman–Crippen LogP) is 1.61. The summed E-state index contributed by atoms with van der Waals surface area (Å²) in [5.41, 5.74) is 5.16. The fourth-order valence-electron chi connectivity index (χ4n) is 2.50. The average Bonchev–Trinajstić information content (AvgIpc) is 3.13. The minimum atomic E-state index is -3.08. The lowest BCUT2D eigenvalue weighted by Gasteiger charge is -2.16. The van der Waals surface area contributed by atoms with Crippen molar-refractivity contribution in [3.8, 4) is 5.75 Å². The van der Waals surface area contributed by atoms with Crippen molar-refractivity contribution >= 4 is 29.1 Å². The lowest BCUT2D eigenvalue weighted by Crippen LogP contribution is -2.30. The molecule has 0 saturated heterocycles. The number of benzene rings is 1. The first-order chi connectivity index (χ1) is 14.3. The summed E-state index contributed by atoms with van der Waals surface area (Å²) in [6.45, 7) is -1.79. The molecule has 3 aromatic rings. The van der Waals surface area contributed by atoms with E-state index in [2.05, 4.69) is 20.1 Å². The molecule has 2 amide bonds. The average molecular weight is 419 g/mol. The number of ether oxygens (including phenoxy) is 2. The third kappa shape index (κ3) is 4.32. The molecule has 2 aromatic heterocycles. The zero-order valence-electron chi connectivity index (χ0n) is 15.4. The number of alkyl halides is 2. The van der Waals surface area contributed by atoms with Gasteiger partial charge in [-0.3, -0.25) is 9.59 Å². The van der Waals surface area contributed by atoms with E-state index >= 15 is 0 Å². The van der Waals surface area contributed by atoms with Gasteiger partial charge in [-0.1, -0.05) is 12.1 Å². The van der Waals surface area contributed by atoms with Crippen LogP contribution in [0.1, 0.15) is 27.8 Å². The number of rotatable bonds is 7. The van der Waals surface area contributed by atoms with E-state index in [1.165, 1.54) is 43.5 Å². The summed E-state index contributed by atoms with van der Waals surface area (Å²) in [4.78, 5) is 40.2. The van der Waals surface area contributed by atoms with Crippen molar-refractivity contribution in [2.24, 2.45) is 5.73 Å². The normalized spacial score (nSPS) is 11.9. The van der Waals surface area contributed by atoms with Gasteiger partial charge in [0, 0.05) is 6.20 Å². The Morgan fingerprint density at radius 2 is 1.93 bits per heavy atom. The molecule has 1 aromatic carbocycles. The number of carbonyl (C=O) groups excluding carboxylic acids is 3. The van der Waals surface area contributed by atoms with Crippen LogP contribution in [0.5, 0.6) is 5.75 Å². The number of anilines is 1. The van der Waals surface area contributed by atoms with Crippen LogP contribution in [-0.2, 0) is 9.53 Å². The minimum Gasteiger partial charge on any atom is -0.448 e. The van der Waals surface area contributed by atoms with Crippen molar-refractivity contribution in [1.82, 2.24) is 14.6 Å². The van der Waals surface area contributed by atoms with Crippen LogP contribution in [0.25, 0.3) is 5.65 Å². The van der Waals surface area contributed by atoms with E-state index in [-0.39, 0.29) is 28.3 Å². The molecule has 1 atom stereocenters. The summed E-state index contributed by atoms with van der Waals surface area (Å²) < 4.78 is 35.5. The number of nitrogens with zero attached hydrogens (tertiary/aromatic N) is 3. The van der Waals surface area contributed by atoms with E-state index in [4.69, 9.17) is 10.5 Å². The van der Waals surface area contributed by atoms with Gasteiger partial charge in [0.2, 0.25) is 0 Å². The molecule has 0 bridgehead atoms. The third-order valence-corrected chi connectivity index (χ3v) is 3.89. The van der Waals surface area contributed by atoms with E-state index in [1.54, 1.807) is 0 Å². The fraction of sp³-hybridized carbons (Fsp3) is 0.167. The molecule has 0 spiro atoms. The molecule has 0 fully saturated rings. The van der Waals surface area contributed by atoms with Crippen LogP contribution >= 0.6 is 0 Å². The molecule has 0 aliphatic carbocycles. The molecule has 0 unspecified atom stereocenters. The van der Waals surface area contributed by atoms with Gasteiger partial charge in [-0.05, 0) is 25.1 Å². The first-order valence-electron chi connectivity index (χ1n) is 8.46. The molecule has 10 nitrogen and oxygen atoms in total. The molecule has 0 radical (unpaired) electrons. The number of fused-ring (bicyclic) bond motifs is 1. The minimum absolute atomic E-state index is 0.00563. The fourth-order valence-corrected chi connectivity index (χ4v) is 2.50. The molecule has 30 heavy (non-hydrogen) atoms. The standard InChI is InChI=1S/C18H15F2N5O5/c1-9(16(27)24-11-4-2-3-5-13(11)30-18(19)20)29-17(28)12-6-7-22-15-10(14(21)26)8-23-25(12)15/h2-9,18H,1H3,(H2,21,26)(H,24,27)/t9-/m1/s1. The maximum absolute atomic E-state index is 12.5. The maximum atomic E-state index is 12.5. The van der Waals surface area contributed by atoms with E-state index < -0.39 is 30.5 Å². The molecule has 3 N–H and O–H groups in total. The van der Waals surface area contributed by atoms with Crippen LogP contribution in [-0.4, -0.2) is 45.1 Å². The van der Waals surface area contributed by atoms with Gasteiger partial charge in [0.25, 0.3) is 11.8 Å². The number of hydrogen-bond acceptors (Lipinski definition) is 7. The molecule has 156 valence electrons. The van der Waals surface area contributed by atoms with Gasteiger partial charge >= 0.3 is 12.6 Å². The van der Waals surface area contributed by atoms with Crippen molar-refractivity contribution in [3.63, 3.8) is 0 Å². The van der Waals surface area contributed by atoms with E-state index in [0.717, 1.165) is 10.7 Å². The summed E-state index contributed by atoms with van der Waals surface area (Å²) in [5, 5.41) is 6.24. The summed E-state index contributed by atoms with van der Waals surface area (Å²) in [5.74, 6) is -2.73. The van der Waals surface area contributed by atoms with Crippen molar-refractivity contribution in [2.75, 3.05) is 5.32 Å². The van der Waals surface area contributed by atoms with Crippen LogP contribution in [0.2, 0.25) is 0 Å². The van der Waals surface area contributed by atoms with Crippen LogP contribution in [0.3, 0.4) is 0 Å². The zero-order chi connectivity index (χ0) is 21.8. The predicted molar refractivity (Wildman–Crippen MR) is 98.1 cm³/mol. The van der Waals surface area contributed by atoms with Gasteiger partial charge in [-0.15, -0.1) is 0 Å². The summed E-state index contributed by atoms with van der Waals surface area (Å²) in [6.07, 6.45) is 1.10. The highest BCUT2D eigenvalue weighted by atomic mass is 19.3. The highest BCUT2D eigenvalue weighted by molar-refractivity contribution is 6.00. The Bertz CT molecular complexity index is 1120. The summed E-state index contributed by atoms with van der Waals surface area (Å²) in [6, 6.07) is 6.84. The molecular weight excluding hydrogens is 404 g/mol. The SMILES string of the molecule is C[C@@H](OC(=O)c1ccnc2c(C(N)=O)cnn12)C(=O)Nc1ccccc1OC(F)F. The number of aromatic nitrogens is 3. The second kappa shape index (κ2) is 8.51. The lowest BCUT2D eigenvalue weighted by molar-refractivity contribution is -0.123. The van der Waals surface area contributed by atoms with Gasteiger partial charge < -0.3 is 20.5 Å². The highest BCUT2D eigenvalue weighted by Crippen LogP contribution is 2.25. The number of nitrogens with two attached hydrogens (primary N) is 1. The van der Waals surface area contributed by atoms with Crippen molar-refractivity contribution in [1.29, 1.82) is 0 Å². The topological polar surface area (TPSA) is 138 Å². The Balaban J connectivity index is 1.74. The molecule has 0 aliphatic rings. The van der Waals surface area contributed by atoms with E-state index in [0.29, 0.717) is 0 Å². The smallest absolute Gasteiger partial charge is 0.387 e. The number of nitrogens with one attached hydrogen (secondary N) is 1. The Labute approximate surface area is 167 Å². The second-order valence-electron chi connectivity index (χ2n) is 5.90. The van der Waals surface area contributed by atoms with Gasteiger partial charge in [0.15, 0.2) is 17.4 Å². The van der Waals surface area contributed by atoms with Crippen LogP contribution in [0.15, 0.2) is 42.7 Å². The number of primary amides is 1. The van der Waals surface area contributed by atoms with E-state index in [1.807, 2.05) is 0 Å². The number of halogens is 2. The number of hydrogen-bond donors (Lipinski definition) is 2. The summed E-state index contributed by atoms with van der Waals surface area (Å²) >= 11 is 0. The molecule has 12 heteroatoms. The van der Waals surface area contributed by atoms with Gasteiger partial charge in [-0.2, -0.15) is 13.9 Å². The van der Waals surface area contributed by atoms with Gasteiger partial charge in [-0.25, -0.2) is 14.3 Å².